The molecule has 0 aromatic rings. The predicted molar refractivity (Wildman–Crippen MR) is 200 cm³/mol. The van der Waals surface area contributed by atoms with E-state index < -0.39 is 97.0 Å². The van der Waals surface area contributed by atoms with Crippen LogP contribution in [0.2, 0.25) is 0 Å². The molecule has 3 heterocycles. The van der Waals surface area contributed by atoms with Crippen molar-refractivity contribution < 1.29 is 63.2 Å². The third-order valence-corrected chi connectivity index (χ3v) is 10.4. The first-order chi connectivity index (χ1) is 25.4. The van der Waals surface area contributed by atoms with Crippen LogP contribution in [-0.2, 0) is 42.7 Å². The molecule has 0 saturated carbocycles. The Labute approximate surface area is 321 Å². The van der Waals surface area contributed by atoms with Gasteiger partial charge in [0.1, 0.15) is 30.0 Å². The Hall–Kier alpha value is -2.24. The molecule has 0 bridgehead atoms. The molecule has 3 aliphatic rings. The fourth-order valence-corrected chi connectivity index (χ4v) is 7.53. The van der Waals surface area contributed by atoms with E-state index in [1.165, 1.54) is 13.2 Å². The van der Waals surface area contributed by atoms with Crippen LogP contribution in [0.25, 0.3) is 0 Å². The highest BCUT2D eigenvalue weighted by atomic mass is 16.7. The van der Waals surface area contributed by atoms with Crippen molar-refractivity contribution in [3.05, 3.63) is 36.5 Å². The van der Waals surface area contributed by atoms with E-state index in [2.05, 4.69) is 0 Å². The number of carbonyl (C=O) groups excluding carboxylic acids is 2. The first kappa shape index (κ1) is 46.1. The number of ether oxygens (including phenoxy) is 7. The molecule has 1 unspecified atom stereocenters. The molecule has 14 heteroatoms. The Balaban J connectivity index is 1.88. The van der Waals surface area contributed by atoms with Crippen molar-refractivity contribution in [1.82, 2.24) is 4.90 Å². The van der Waals surface area contributed by atoms with Crippen LogP contribution < -0.4 is 0 Å². The second-order valence-corrected chi connectivity index (χ2v) is 16.0. The number of carbonyl (C=O) groups is 2. The third kappa shape index (κ3) is 13.2. The first-order valence-corrected chi connectivity index (χ1v) is 19.3. The third-order valence-electron chi connectivity index (χ3n) is 10.4. The molecule has 54 heavy (non-hydrogen) atoms. The molecule has 0 aliphatic carbocycles. The molecule has 2 saturated heterocycles. The number of hydrogen-bond acceptors (Lipinski definition) is 14. The molecule has 310 valence electrons. The molecule has 3 rings (SSSR count). The maximum atomic E-state index is 12.8. The summed E-state index contributed by atoms with van der Waals surface area (Å²) >= 11 is 0. The summed E-state index contributed by atoms with van der Waals surface area (Å²) in [6.07, 6.45) is 2.04. The van der Waals surface area contributed by atoms with Crippen molar-refractivity contribution in [2.24, 2.45) is 17.8 Å². The molecule has 2 fully saturated rings. The Kier molecular flexibility index (Phi) is 18.2. The lowest BCUT2D eigenvalue weighted by Gasteiger charge is -2.50. The van der Waals surface area contributed by atoms with Crippen LogP contribution in [0.3, 0.4) is 0 Å². The zero-order chi connectivity index (χ0) is 40.3. The normalized spacial score (nSPS) is 42.0. The summed E-state index contributed by atoms with van der Waals surface area (Å²) < 4.78 is 42.7. The number of aliphatic hydroxyl groups is 4. The van der Waals surface area contributed by atoms with Crippen LogP contribution in [0.5, 0.6) is 0 Å². The summed E-state index contributed by atoms with van der Waals surface area (Å²) in [7, 11) is 5.07. The summed E-state index contributed by atoms with van der Waals surface area (Å²) in [5.41, 5.74) is -1.46. The zero-order valence-electron chi connectivity index (χ0n) is 33.8. The summed E-state index contributed by atoms with van der Waals surface area (Å²) in [5.74, 6) is -1.55. The predicted octanol–water partition coefficient (Wildman–Crippen LogP) is 3.04. The summed E-state index contributed by atoms with van der Waals surface area (Å²) in [6, 6.07) is -0.682. The standard InChI is InChI=1S/C40H67NO13/c1-23(2)20-32(45)52-38-27(6)50-33(22-40(38,7)47)53-36-26(5)51-39(35(46)34(36)41(8)9)54-37-28(18-19-42)21-24(3)29(43)15-13-11-12-14-25(4)49-31(44)17-16-30(37)48-10/h11-13,15-17,23-30,33-39,42-43,46-47H,14,18-22H2,1-10H3/b12-11+,15-13+,17-16+/t24-,25-,26-,27+,28?,29+,30+,33+,34-,35-,36-,37+,38+,39+,40-/m1/s1. The minimum absolute atomic E-state index is 0.000150. The molecule has 4 N–H and O–H groups in total. The number of esters is 2. The number of aliphatic hydroxyl groups excluding tert-OH is 3. The highest BCUT2D eigenvalue weighted by Gasteiger charge is 2.52. The van der Waals surface area contributed by atoms with Crippen LogP contribution in [0.1, 0.15) is 80.6 Å². The van der Waals surface area contributed by atoms with Gasteiger partial charge in [0.05, 0.1) is 30.5 Å². The van der Waals surface area contributed by atoms with Gasteiger partial charge >= 0.3 is 11.9 Å². The molecule has 0 aromatic heterocycles. The van der Waals surface area contributed by atoms with Crippen LogP contribution in [0, 0.1) is 17.8 Å². The van der Waals surface area contributed by atoms with Crippen LogP contribution in [0.4, 0.5) is 0 Å². The fourth-order valence-electron chi connectivity index (χ4n) is 7.53. The second kappa shape index (κ2) is 21.3. The molecular formula is C40H67NO13. The average Bonchev–Trinajstić information content (AvgIpc) is 3.06. The summed E-state index contributed by atoms with van der Waals surface area (Å²) in [4.78, 5) is 27.1. The Morgan fingerprint density at radius 2 is 1.74 bits per heavy atom. The molecule has 0 radical (unpaired) electrons. The number of nitrogens with zero attached hydrogens (tertiary/aromatic N) is 1. The topological polar surface area (TPSA) is 183 Å². The average molecular weight is 770 g/mol. The van der Waals surface area contributed by atoms with Crippen molar-refractivity contribution >= 4 is 11.9 Å². The van der Waals surface area contributed by atoms with Gasteiger partial charge in [-0.15, -0.1) is 0 Å². The summed E-state index contributed by atoms with van der Waals surface area (Å²) in [6.45, 7) is 12.4. The van der Waals surface area contributed by atoms with E-state index >= 15 is 0 Å². The highest BCUT2D eigenvalue weighted by molar-refractivity contribution is 5.82. The van der Waals surface area contributed by atoms with Gasteiger partial charge in [0, 0.05) is 39.1 Å². The summed E-state index contributed by atoms with van der Waals surface area (Å²) in [5, 5.41) is 44.5. The van der Waals surface area contributed by atoms with E-state index in [1.807, 2.05) is 26.8 Å². The van der Waals surface area contributed by atoms with Gasteiger partial charge in [-0.05, 0) is 78.5 Å². The highest BCUT2D eigenvalue weighted by Crippen LogP contribution is 2.37. The monoisotopic (exact) mass is 769 g/mol. The van der Waals surface area contributed by atoms with E-state index in [0.717, 1.165) is 0 Å². The van der Waals surface area contributed by atoms with Gasteiger partial charge in [-0.25, -0.2) is 4.79 Å². The van der Waals surface area contributed by atoms with Gasteiger partial charge in [0.25, 0.3) is 0 Å². The number of likely N-dealkylation sites (N-methyl/N-ethyl adjacent to an activating group) is 1. The molecule has 0 aromatic carbocycles. The van der Waals surface area contributed by atoms with E-state index in [0.29, 0.717) is 12.8 Å². The number of methoxy groups -OCH3 is 1. The number of rotatable bonds is 11. The van der Waals surface area contributed by atoms with Crippen molar-refractivity contribution in [1.29, 1.82) is 0 Å². The van der Waals surface area contributed by atoms with Gasteiger partial charge in [-0.1, -0.05) is 45.1 Å². The molecule has 15 atom stereocenters. The van der Waals surface area contributed by atoms with Crippen molar-refractivity contribution in [3.63, 3.8) is 0 Å². The van der Waals surface area contributed by atoms with Crippen LogP contribution in [-0.4, -0.2) is 144 Å². The van der Waals surface area contributed by atoms with Gasteiger partial charge in [-0.2, -0.15) is 0 Å². The fraction of sp³-hybridized carbons (Fsp3) is 0.800. The first-order valence-electron chi connectivity index (χ1n) is 19.3. The van der Waals surface area contributed by atoms with E-state index in [-0.39, 0.29) is 37.7 Å². The minimum atomic E-state index is -1.46. The molecule has 14 nitrogen and oxygen atoms in total. The molecule has 3 aliphatic heterocycles. The van der Waals surface area contributed by atoms with Crippen LogP contribution in [0.15, 0.2) is 36.5 Å². The van der Waals surface area contributed by atoms with Crippen molar-refractivity contribution in [2.75, 3.05) is 27.8 Å². The number of cyclic esters (lactones) is 1. The molecule has 0 spiro atoms. The van der Waals surface area contributed by atoms with Gasteiger partial charge in [0.2, 0.25) is 0 Å². The van der Waals surface area contributed by atoms with Gasteiger partial charge in [0.15, 0.2) is 18.7 Å². The van der Waals surface area contributed by atoms with E-state index in [4.69, 9.17) is 33.2 Å². The Morgan fingerprint density at radius 1 is 1.04 bits per heavy atom. The lowest BCUT2D eigenvalue weighted by molar-refractivity contribution is -0.342. The van der Waals surface area contributed by atoms with E-state index in [1.54, 1.807) is 71.0 Å². The Morgan fingerprint density at radius 3 is 2.35 bits per heavy atom. The van der Waals surface area contributed by atoms with E-state index in [9.17, 15) is 30.0 Å². The van der Waals surface area contributed by atoms with Gasteiger partial charge in [-0.3, -0.25) is 4.79 Å². The lowest BCUT2D eigenvalue weighted by atomic mass is 9.83. The molecular weight excluding hydrogens is 702 g/mol. The van der Waals surface area contributed by atoms with Crippen molar-refractivity contribution in [3.8, 4) is 0 Å². The molecule has 0 amide bonds. The quantitative estimate of drug-likeness (QED) is 0.225. The largest absolute Gasteiger partial charge is 0.459 e. The minimum Gasteiger partial charge on any atom is -0.459 e. The zero-order valence-corrected chi connectivity index (χ0v) is 33.8. The maximum absolute atomic E-state index is 12.8. The smallest absolute Gasteiger partial charge is 0.330 e. The number of allylic oxidation sites excluding steroid dienone is 2. The maximum Gasteiger partial charge on any atom is 0.330 e. The Bertz CT molecular complexity index is 1250. The number of hydrogen-bond donors (Lipinski definition) is 4. The van der Waals surface area contributed by atoms with Gasteiger partial charge < -0.3 is 58.5 Å². The second-order valence-electron chi connectivity index (χ2n) is 16.0. The SMILES string of the molecule is CO[C@H]1/C=C/C(=O)O[C@H](C)C/C=C/C=C/[C@H](O)[C@H](C)CC(CCO)[C@@H]1O[C@@H]1O[C@H](C)[C@@H](O[C@H]2C[C@@](C)(O)[C@@H](OC(=O)CC(C)C)[C@H](C)O2)[C@H](N(C)C)[C@H]1O. The van der Waals surface area contributed by atoms with Crippen LogP contribution >= 0.6 is 0 Å². The van der Waals surface area contributed by atoms with Crippen molar-refractivity contribution in [2.45, 2.75) is 160 Å². The lowest BCUT2D eigenvalue weighted by Crippen LogP contribution is -2.65.